The first-order valence-corrected chi connectivity index (χ1v) is 5.29. The maximum Gasteiger partial charge on any atom is 0.103 e. The number of hydrogen-bond donors (Lipinski definition) is 1. The topological polar surface area (TPSA) is 20.2 Å². The summed E-state index contributed by atoms with van der Waals surface area (Å²) in [6.45, 7) is 8.56. The van der Waals surface area contributed by atoms with Gasteiger partial charge in [-0.05, 0) is 0 Å². The van der Waals surface area contributed by atoms with Gasteiger partial charge in [0.05, 0.1) is 0 Å². The van der Waals surface area contributed by atoms with Crippen LogP contribution in [0.5, 0.6) is 0 Å². The summed E-state index contributed by atoms with van der Waals surface area (Å²) in [6.07, 6.45) is 11.3. The van der Waals surface area contributed by atoms with Crippen LogP contribution in [0.4, 0.5) is 0 Å². The molecule has 0 atom stereocenters. The molecule has 0 aliphatic carbocycles. The van der Waals surface area contributed by atoms with Gasteiger partial charge in [-0.2, -0.15) is 0 Å². The molecule has 0 aromatic carbocycles. The average Bonchev–Trinajstić information content (AvgIpc) is 2.16. The van der Waals surface area contributed by atoms with Crippen molar-refractivity contribution < 1.29 is 5.11 Å². The van der Waals surface area contributed by atoms with E-state index in [0.717, 1.165) is 0 Å². The first-order chi connectivity index (χ1) is 6.24. The van der Waals surface area contributed by atoms with Gasteiger partial charge in [-0.3, -0.25) is 0 Å². The molecule has 0 spiro atoms. The van der Waals surface area contributed by atoms with Crippen LogP contribution in [-0.2, 0) is 0 Å². The molecule has 0 aromatic rings. The van der Waals surface area contributed by atoms with E-state index in [9.17, 15) is 0 Å². The molecular weight excluding hydrogens is 160 g/mol. The van der Waals surface area contributed by atoms with Gasteiger partial charge in [0.1, 0.15) is 6.61 Å². The molecular formula is C12H26O. The fourth-order valence-corrected chi connectivity index (χ4v) is 0.500. The van der Waals surface area contributed by atoms with E-state index in [1.165, 1.54) is 32.1 Å². The van der Waals surface area contributed by atoms with E-state index in [1.54, 1.807) is 0 Å². The van der Waals surface area contributed by atoms with Crippen molar-refractivity contribution in [3.8, 4) is 12.3 Å². The Morgan fingerprint density at radius 2 is 1.23 bits per heavy atom. The van der Waals surface area contributed by atoms with Crippen molar-refractivity contribution in [2.24, 2.45) is 0 Å². The SMILES string of the molecule is C#CCO.CCC.CCCCCC. The zero-order valence-electron chi connectivity index (χ0n) is 9.77. The van der Waals surface area contributed by atoms with Crippen LogP contribution in [0.15, 0.2) is 0 Å². The number of terminal acetylenes is 1. The summed E-state index contributed by atoms with van der Waals surface area (Å²) in [7, 11) is 0. The second kappa shape index (κ2) is 30.0. The molecule has 0 fully saturated rings. The Morgan fingerprint density at radius 1 is 1.00 bits per heavy atom. The summed E-state index contributed by atoms with van der Waals surface area (Å²) < 4.78 is 0. The van der Waals surface area contributed by atoms with Crippen LogP contribution in [0.3, 0.4) is 0 Å². The lowest BCUT2D eigenvalue weighted by Gasteiger charge is -1.86. The molecule has 0 saturated carbocycles. The Morgan fingerprint density at radius 3 is 1.31 bits per heavy atom. The molecule has 0 unspecified atom stereocenters. The summed E-state index contributed by atoms with van der Waals surface area (Å²) in [5.74, 6) is 1.99. The van der Waals surface area contributed by atoms with E-state index < -0.39 is 0 Å². The Bertz CT molecular complexity index is 77.6. The minimum Gasteiger partial charge on any atom is -0.384 e. The van der Waals surface area contributed by atoms with E-state index in [2.05, 4.69) is 34.1 Å². The highest BCUT2D eigenvalue weighted by Crippen LogP contribution is 1.95. The van der Waals surface area contributed by atoms with Gasteiger partial charge in [0.25, 0.3) is 0 Å². The molecule has 80 valence electrons. The van der Waals surface area contributed by atoms with Crippen LogP contribution >= 0.6 is 0 Å². The van der Waals surface area contributed by atoms with Crippen LogP contribution in [0.1, 0.15) is 59.8 Å². The van der Waals surface area contributed by atoms with Gasteiger partial charge < -0.3 is 5.11 Å². The number of unbranched alkanes of at least 4 members (excludes halogenated alkanes) is 3. The monoisotopic (exact) mass is 186 g/mol. The molecule has 13 heavy (non-hydrogen) atoms. The molecule has 1 N–H and O–H groups in total. The van der Waals surface area contributed by atoms with Crippen LogP contribution in [0, 0.1) is 12.3 Å². The molecule has 0 aliphatic rings. The fraction of sp³-hybridized carbons (Fsp3) is 0.833. The summed E-state index contributed by atoms with van der Waals surface area (Å²) in [6, 6.07) is 0. The highest BCUT2D eigenvalue weighted by Gasteiger charge is 1.75. The van der Waals surface area contributed by atoms with Gasteiger partial charge in [0, 0.05) is 0 Å². The summed E-state index contributed by atoms with van der Waals surface area (Å²) in [5, 5.41) is 7.64. The molecule has 1 nitrogen and oxygen atoms in total. The number of aliphatic hydroxyl groups excluding tert-OH is 1. The summed E-state index contributed by atoms with van der Waals surface area (Å²) in [4.78, 5) is 0. The first kappa shape index (κ1) is 18.3. The van der Waals surface area contributed by atoms with Gasteiger partial charge in [0.2, 0.25) is 0 Å². The van der Waals surface area contributed by atoms with E-state index in [0.29, 0.717) is 0 Å². The lowest BCUT2D eigenvalue weighted by Crippen LogP contribution is -1.66. The smallest absolute Gasteiger partial charge is 0.103 e. The minimum atomic E-state index is -0.153. The van der Waals surface area contributed by atoms with Gasteiger partial charge in [0.15, 0.2) is 0 Å². The van der Waals surface area contributed by atoms with Crippen LogP contribution in [-0.4, -0.2) is 11.7 Å². The molecule has 1 heteroatoms. The van der Waals surface area contributed by atoms with E-state index in [1.807, 2.05) is 5.92 Å². The van der Waals surface area contributed by atoms with Crippen LogP contribution < -0.4 is 0 Å². The molecule has 0 bridgehead atoms. The van der Waals surface area contributed by atoms with E-state index in [4.69, 9.17) is 5.11 Å². The molecule has 0 rings (SSSR count). The molecule has 0 aromatic heterocycles. The van der Waals surface area contributed by atoms with Crippen molar-refractivity contribution in [1.82, 2.24) is 0 Å². The fourth-order valence-electron chi connectivity index (χ4n) is 0.500. The van der Waals surface area contributed by atoms with E-state index in [-0.39, 0.29) is 6.61 Å². The van der Waals surface area contributed by atoms with Crippen LogP contribution in [0.25, 0.3) is 0 Å². The lowest BCUT2D eigenvalue weighted by atomic mass is 10.2. The summed E-state index contributed by atoms with van der Waals surface area (Å²) in [5.41, 5.74) is 0. The van der Waals surface area contributed by atoms with Crippen molar-refractivity contribution in [3.05, 3.63) is 0 Å². The predicted octanol–water partition coefficient (Wildman–Crippen LogP) is 3.61. The zero-order chi connectivity index (χ0) is 10.9. The van der Waals surface area contributed by atoms with Gasteiger partial charge >= 0.3 is 0 Å². The Kier molecular flexibility index (Phi) is 42.3. The highest BCUT2D eigenvalue weighted by molar-refractivity contribution is 4.81. The standard InChI is InChI=1S/C6H14.C3H4O.C3H8/c1-3-5-6-4-2;1-2-3-4;1-3-2/h3-6H2,1-2H3;1,4H,3H2;3H2,1-2H3. The molecule has 0 radical (unpaired) electrons. The predicted molar refractivity (Wildman–Crippen MR) is 61.7 cm³/mol. The second-order valence-corrected chi connectivity index (χ2v) is 2.78. The van der Waals surface area contributed by atoms with Gasteiger partial charge in [-0.1, -0.05) is 65.7 Å². The van der Waals surface area contributed by atoms with Crippen molar-refractivity contribution in [2.45, 2.75) is 59.8 Å². The lowest BCUT2D eigenvalue weighted by molar-refractivity contribution is 0.351. The molecule has 0 aliphatic heterocycles. The van der Waals surface area contributed by atoms with Crippen molar-refractivity contribution in [3.63, 3.8) is 0 Å². The third-order valence-electron chi connectivity index (χ3n) is 1.05. The normalized spacial score (nSPS) is 7.08. The number of rotatable bonds is 3. The van der Waals surface area contributed by atoms with Gasteiger partial charge in [-0.15, -0.1) is 6.42 Å². The Balaban J connectivity index is -0.000000125. The Hall–Kier alpha value is -0.480. The zero-order valence-corrected chi connectivity index (χ0v) is 9.77. The van der Waals surface area contributed by atoms with Crippen LogP contribution in [0.2, 0.25) is 0 Å². The maximum atomic E-state index is 7.64. The maximum absolute atomic E-state index is 7.64. The first-order valence-electron chi connectivity index (χ1n) is 5.29. The van der Waals surface area contributed by atoms with Crippen molar-refractivity contribution >= 4 is 0 Å². The van der Waals surface area contributed by atoms with Crippen molar-refractivity contribution in [1.29, 1.82) is 0 Å². The van der Waals surface area contributed by atoms with Crippen molar-refractivity contribution in [2.75, 3.05) is 6.61 Å². The Labute approximate surface area is 84.6 Å². The highest BCUT2D eigenvalue weighted by atomic mass is 16.2. The average molecular weight is 186 g/mol. The van der Waals surface area contributed by atoms with E-state index >= 15 is 0 Å². The third-order valence-corrected chi connectivity index (χ3v) is 1.05. The minimum absolute atomic E-state index is 0.153. The second-order valence-electron chi connectivity index (χ2n) is 2.78. The summed E-state index contributed by atoms with van der Waals surface area (Å²) >= 11 is 0. The quantitative estimate of drug-likeness (QED) is 0.527. The van der Waals surface area contributed by atoms with Gasteiger partial charge in [-0.25, -0.2) is 0 Å². The molecule has 0 heterocycles. The third kappa shape index (κ3) is 84.3. The number of hydrogen-bond acceptors (Lipinski definition) is 1. The molecule has 0 saturated heterocycles. The molecule has 0 amide bonds. The largest absolute Gasteiger partial charge is 0.384 e. The number of aliphatic hydroxyl groups is 1.